The van der Waals surface area contributed by atoms with Gasteiger partial charge in [-0.15, -0.1) is 11.3 Å². The van der Waals surface area contributed by atoms with Crippen molar-refractivity contribution in [1.82, 2.24) is 15.5 Å². The number of halogens is 1. The van der Waals surface area contributed by atoms with E-state index >= 15 is 0 Å². The molecule has 0 aliphatic carbocycles. The first kappa shape index (κ1) is 13.3. The minimum absolute atomic E-state index is 0.164. The molecule has 0 radical (unpaired) electrons. The molecule has 1 aliphatic rings. The number of carbonyl (C=O) groups is 2. The summed E-state index contributed by atoms with van der Waals surface area (Å²) in [5.74, 6) is -0.340. The lowest BCUT2D eigenvalue weighted by atomic mass is 10.1. The maximum Gasteiger partial charge on any atom is 0.266 e. The molecule has 0 bridgehead atoms. The topological polar surface area (TPSA) is 61.4 Å². The number of nitrogens with one attached hydrogen (secondary N) is 2. The predicted molar refractivity (Wildman–Crippen MR) is 71.1 cm³/mol. The summed E-state index contributed by atoms with van der Waals surface area (Å²) in [6.07, 6.45) is 0. The molecule has 0 saturated carbocycles. The van der Waals surface area contributed by atoms with Gasteiger partial charge in [0.05, 0.1) is 5.02 Å². The Morgan fingerprint density at radius 3 is 3.00 bits per heavy atom. The van der Waals surface area contributed by atoms with Crippen LogP contribution in [0.15, 0.2) is 11.4 Å². The van der Waals surface area contributed by atoms with Crippen LogP contribution in [-0.4, -0.2) is 49.4 Å². The van der Waals surface area contributed by atoms with E-state index in [4.69, 9.17) is 11.6 Å². The molecule has 98 valence electrons. The van der Waals surface area contributed by atoms with E-state index < -0.39 is 6.04 Å². The van der Waals surface area contributed by atoms with Gasteiger partial charge in [0.2, 0.25) is 5.91 Å². The zero-order valence-electron chi connectivity index (χ0n) is 9.90. The Morgan fingerprint density at radius 1 is 1.61 bits per heavy atom. The number of carbonyl (C=O) groups excluding carboxylic acids is 2. The first-order valence-electron chi connectivity index (χ1n) is 5.61. The molecule has 0 aromatic carbocycles. The average Bonchev–Trinajstić information content (AvgIpc) is 2.83. The maximum absolute atomic E-state index is 12.4. The highest BCUT2D eigenvalue weighted by molar-refractivity contribution is 7.12. The summed E-state index contributed by atoms with van der Waals surface area (Å²) in [6, 6.07) is 1.21. The predicted octanol–water partition coefficient (Wildman–Crippen LogP) is 0.562. The van der Waals surface area contributed by atoms with E-state index in [0.717, 1.165) is 0 Å². The molecule has 1 aromatic rings. The van der Waals surface area contributed by atoms with Crippen LogP contribution in [0.4, 0.5) is 0 Å². The van der Waals surface area contributed by atoms with Crippen molar-refractivity contribution in [3.05, 3.63) is 21.3 Å². The number of rotatable bonds is 2. The van der Waals surface area contributed by atoms with Crippen molar-refractivity contribution in [1.29, 1.82) is 0 Å². The summed E-state index contributed by atoms with van der Waals surface area (Å²) in [4.78, 5) is 26.2. The van der Waals surface area contributed by atoms with E-state index in [2.05, 4.69) is 10.6 Å². The van der Waals surface area contributed by atoms with Crippen LogP contribution in [0, 0.1) is 0 Å². The molecule has 2 rings (SSSR count). The van der Waals surface area contributed by atoms with Gasteiger partial charge in [-0.1, -0.05) is 11.6 Å². The van der Waals surface area contributed by atoms with Crippen molar-refractivity contribution < 1.29 is 9.59 Å². The summed E-state index contributed by atoms with van der Waals surface area (Å²) in [6.45, 7) is 1.65. The van der Waals surface area contributed by atoms with Crippen molar-refractivity contribution in [3.8, 4) is 0 Å². The second-order valence-corrected chi connectivity index (χ2v) is 5.25. The van der Waals surface area contributed by atoms with Crippen LogP contribution in [0.3, 0.4) is 0 Å². The Morgan fingerprint density at radius 2 is 2.39 bits per heavy atom. The van der Waals surface area contributed by atoms with Crippen molar-refractivity contribution in [2.45, 2.75) is 6.04 Å². The van der Waals surface area contributed by atoms with Crippen molar-refractivity contribution in [3.63, 3.8) is 0 Å². The molecular formula is C11H14ClN3O2S. The van der Waals surface area contributed by atoms with Crippen LogP contribution in [-0.2, 0) is 4.79 Å². The molecule has 7 heteroatoms. The number of nitrogens with zero attached hydrogens (tertiary/aromatic N) is 1. The second-order valence-electron chi connectivity index (χ2n) is 3.93. The van der Waals surface area contributed by atoms with E-state index in [1.807, 2.05) is 0 Å². The van der Waals surface area contributed by atoms with Gasteiger partial charge in [-0.3, -0.25) is 9.59 Å². The number of hydrogen-bond donors (Lipinski definition) is 2. The van der Waals surface area contributed by atoms with Crippen LogP contribution < -0.4 is 10.6 Å². The fourth-order valence-electron chi connectivity index (χ4n) is 1.93. The van der Waals surface area contributed by atoms with Crippen molar-refractivity contribution >= 4 is 34.8 Å². The molecule has 2 heterocycles. The van der Waals surface area contributed by atoms with Crippen LogP contribution in [0.25, 0.3) is 0 Å². The number of likely N-dealkylation sites (N-methyl/N-ethyl adjacent to an activating group) is 1. The fraction of sp³-hybridized carbons (Fsp3) is 0.455. The molecule has 5 nitrogen and oxygen atoms in total. The number of piperazine rings is 1. The largest absolute Gasteiger partial charge is 0.357 e. The monoisotopic (exact) mass is 287 g/mol. The average molecular weight is 288 g/mol. The van der Waals surface area contributed by atoms with Crippen LogP contribution in [0.1, 0.15) is 9.67 Å². The molecule has 1 saturated heterocycles. The van der Waals surface area contributed by atoms with E-state index in [0.29, 0.717) is 29.5 Å². The van der Waals surface area contributed by atoms with Crippen LogP contribution >= 0.6 is 22.9 Å². The summed E-state index contributed by atoms with van der Waals surface area (Å²) < 4.78 is 0. The van der Waals surface area contributed by atoms with Gasteiger partial charge in [0.25, 0.3) is 5.91 Å². The lowest BCUT2D eigenvalue weighted by Gasteiger charge is -2.34. The third-order valence-electron chi connectivity index (χ3n) is 2.86. The van der Waals surface area contributed by atoms with E-state index in [-0.39, 0.29) is 11.8 Å². The van der Waals surface area contributed by atoms with E-state index in [1.54, 1.807) is 23.4 Å². The molecule has 1 aromatic heterocycles. The molecule has 18 heavy (non-hydrogen) atoms. The standard InChI is InChI=1S/C11H14ClN3O2S/c1-13-10(16)8-6-14-3-4-15(8)11(17)9-7(12)2-5-18-9/h2,5,8,14H,3-4,6H2,1H3,(H,13,16). The smallest absolute Gasteiger partial charge is 0.266 e. The van der Waals surface area contributed by atoms with Crippen LogP contribution in [0.2, 0.25) is 5.02 Å². The number of thiophene rings is 1. The first-order chi connectivity index (χ1) is 8.65. The fourth-order valence-corrected chi connectivity index (χ4v) is 3.02. The Hall–Kier alpha value is -1.11. The summed E-state index contributed by atoms with van der Waals surface area (Å²) in [5, 5.41) is 7.90. The molecular weight excluding hydrogens is 274 g/mol. The lowest BCUT2D eigenvalue weighted by Crippen LogP contribution is -2.59. The van der Waals surface area contributed by atoms with Gasteiger partial charge in [0.1, 0.15) is 10.9 Å². The highest BCUT2D eigenvalue weighted by atomic mass is 35.5. The van der Waals surface area contributed by atoms with Gasteiger partial charge < -0.3 is 15.5 Å². The SMILES string of the molecule is CNC(=O)C1CNCCN1C(=O)c1sccc1Cl. The Labute approximate surface area is 114 Å². The molecule has 2 amide bonds. The van der Waals surface area contributed by atoms with Gasteiger partial charge in [0.15, 0.2) is 0 Å². The van der Waals surface area contributed by atoms with Gasteiger partial charge in [0, 0.05) is 26.7 Å². The third-order valence-corrected chi connectivity index (χ3v) is 4.19. The van der Waals surface area contributed by atoms with Crippen LogP contribution in [0.5, 0.6) is 0 Å². The zero-order valence-corrected chi connectivity index (χ0v) is 11.5. The van der Waals surface area contributed by atoms with E-state index in [9.17, 15) is 9.59 Å². The highest BCUT2D eigenvalue weighted by Crippen LogP contribution is 2.24. The first-order valence-corrected chi connectivity index (χ1v) is 6.87. The Balaban J connectivity index is 2.21. The molecule has 2 N–H and O–H groups in total. The zero-order chi connectivity index (χ0) is 13.1. The number of hydrogen-bond acceptors (Lipinski definition) is 4. The van der Waals surface area contributed by atoms with Gasteiger partial charge >= 0.3 is 0 Å². The molecule has 1 atom stereocenters. The molecule has 1 aliphatic heterocycles. The van der Waals surface area contributed by atoms with Crippen molar-refractivity contribution in [2.75, 3.05) is 26.7 Å². The minimum atomic E-state index is -0.477. The second kappa shape index (κ2) is 5.69. The Bertz CT molecular complexity index is 463. The van der Waals surface area contributed by atoms with Gasteiger partial charge in [-0.05, 0) is 11.4 Å². The van der Waals surface area contributed by atoms with E-state index in [1.165, 1.54) is 11.3 Å². The maximum atomic E-state index is 12.4. The highest BCUT2D eigenvalue weighted by Gasteiger charge is 2.33. The molecule has 0 spiro atoms. The van der Waals surface area contributed by atoms with Gasteiger partial charge in [-0.2, -0.15) is 0 Å². The molecule has 1 unspecified atom stereocenters. The summed E-state index contributed by atoms with van der Waals surface area (Å²) in [5.41, 5.74) is 0. The Kier molecular flexibility index (Phi) is 4.21. The lowest BCUT2D eigenvalue weighted by molar-refractivity contribution is -0.125. The van der Waals surface area contributed by atoms with Crippen molar-refractivity contribution in [2.24, 2.45) is 0 Å². The normalized spacial score (nSPS) is 19.7. The molecule has 1 fully saturated rings. The van der Waals surface area contributed by atoms with Gasteiger partial charge in [-0.25, -0.2) is 0 Å². The minimum Gasteiger partial charge on any atom is -0.357 e. The third kappa shape index (κ3) is 2.50. The summed E-state index contributed by atoms with van der Waals surface area (Å²) in [7, 11) is 1.57. The quantitative estimate of drug-likeness (QED) is 0.836. The number of amides is 2. The summed E-state index contributed by atoms with van der Waals surface area (Å²) >= 11 is 7.26.